The normalized spacial score (nSPS) is 10.6. The summed E-state index contributed by atoms with van der Waals surface area (Å²) in [5.74, 6) is 0. The van der Waals surface area contributed by atoms with Crippen LogP contribution in [0.25, 0.3) is 11.1 Å². The molecule has 0 aliphatic carbocycles. The summed E-state index contributed by atoms with van der Waals surface area (Å²) in [5, 5.41) is 1.29. The van der Waals surface area contributed by atoms with E-state index in [0.29, 0.717) is 26.2 Å². The Kier molecular flexibility index (Phi) is 4.01. The van der Waals surface area contributed by atoms with Gasteiger partial charge in [-0.2, -0.15) is 0 Å². The molecule has 1 aromatic carbocycles. The first-order chi connectivity index (χ1) is 8.00. The van der Waals surface area contributed by atoms with Crippen molar-refractivity contribution in [3.8, 4) is 11.1 Å². The molecule has 0 fully saturated rings. The lowest BCUT2D eigenvalue weighted by atomic mass is 10.1. The van der Waals surface area contributed by atoms with E-state index in [4.69, 9.17) is 58.0 Å². The zero-order valence-corrected chi connectivity index (χ0v) is 11.8. The van der Waals surface area contributed by atoms with Crippen molar-refractivity contribution in [3.05, 3.63) is 43.8 Å². The van der Waals surface area contributed by atoms with Gasteiger partial charge in [-0.15, -0.1) is 0 Å². The van der Waals surface area contributed by atoms with Crippen molar-refractivity contribution in [1.82, 2.24) is 9.97 Å². The van der Waals surface area contributed by atoms with Gasteiger partial charge < -0.3 is 0 Å². The zero-order chi connectivity index (χ0) is 12.6. The lowest BCUT2D eigenvalue weighted by molar-refractivity contribution is 1.17. The van der Waals surface area contributed by atoms with Crippen LogP contribution < -0.4 is 0 Å². The summed E-state index contributed by atoms with van der Waals surface area (Å²) in [6, 6.07) is 3.22. The summed E-state index contributed by atoms with van der Waals surface area (Å²) in [4.78, 5) is 7.66. The maximum absolute atomic E-state index is 6.08. The molecule has 0 radical (unpaired) electrons. The Morgan fingerprint density at radius 2 is 1.53 bits per heavy atom. The van der Waals surface area contributed by atoms with Crippen LogP contribution in [0.1, 0.15) is 0 Å². The minimum absolute atomic E-state index is 0.0491. The number of halogens is 5. The second kappa shape index (κ2) is 5.17. The van der Waals surface area contributed by atoms with Crippen molar-refractivity contribution in [2.45, 2.75) is 0 Å². The van der Waals surface area contributed by atoms with Crippen LogP contribution in [0.3, 0.4) is 0 Å². The van der Waals surface area contributed by atoms with E-state index in [2.05, 4.69) is 9.97 Å². The first-order valence-corrected chi connectivity index (χ1v) is 6.21. The summed E-state index contributed by atoms with van der Waals surface area (Å²) >= 11 is 29.6. The average Bonchev–Trinajstić information content (AvgIpc) is 2.27. The molecule has 1 aromatic heterocycles. The molecule has 0 aliphatic rings. The van der Waals surface area contributed by atoms with Crippen LogP contribution in [0.5, 0.6) is 0 Å². The topological polar surface area (TPSA) is 25.8 Å². The molecule has 0 saturated heterocycles. The molecule has 2 nitrogen and oxygen atoms in total. The second-order valence-electron chi connectivity index (χ2n) is 3.06. The van der Waals surface area contributed by atoms with Gasteiger partial charge in [0.2, 0.25) is 5.28 Å². The Morgan fingerprint density at radius 3 is 2.18 bits per heavy atom. The Hall–Kier alpha value is -0.250. The highest BCUT2D eigenvalue weighted by molar-refractivity contribution is 6.46. The first kappa shape index (κ1) is 13.2. The lowest BCUT2D eigenvalue weighted by Gasteiger charge is -2.09. The molecule has 0 atom stereocenters. The molecule has 0 unspecified atom stereocenters. The van der Waals surface area contributed by atoms with Crippen LogP contribution in [0, 0.1) is 0 Å². The molecule has 17 heavy (non-hydrogen) atoms. The van der Waals surface area contributed by atoms with Gasteiger partial charge in [0.1, 0.15) is 5.15 Å². The second-order valence-corrected chi connectivity index (χ2v) is 4.95. The molecule has 0 N–H and O–H groups in total. The van der Waals surface area contributed by atoms with E-state index in [9.17, 15) is 0 Å². The van der Waals surface area contributed by atoms with E-state index in [0.717, 1.165) is 0 Å². The maximum atomic E-state index is 6.08. The van der Waals surface area contributed by atoms with Crippen LogP contribution >= 0.6 is 58.0 Å². The predicted octanol–water partition coefficient (Wildman–Crippen LogP) is 5.41. The van der Waals surface area contributed by atoms with Crippen LogP contribution in [0.15, 0.2) is 18.3 Å². The number of hydrogen-bond donors (Lipinski definition) is 0. The number of aromatic nitrogens is 2. The molecule has 7 heteroatoms. The van der Waals surface area contributed by atoms with Gasteiger partial charge in [-0.3, -0.25) is 0 Å². The van der Waals surface area contributed by atoms with Gasteiger partial charge in [0.25, 0.3) is 0 Å². The van der Waals surface area contributed by atoms with Gasteiger partial charge in [0, 0.05) is 17.3 Å². The fraction of sp³-hybridized carbons (Fsp3) is 0. The molecular weight excluding hydrogens is 325 g/mol. The van der Waals surface area contributed by atoms with Crippen LogP contribution in [0.4, 0.5) is 0 Å². The largest absolute Gasteiger partial charge is 0.226 e. The van der Waals surface area contributed by atoms with Crippen molar-refractivity contribution < 1.29 is 0 Å². The predicted molar refractivity (Wildman–Crippen MR) is 72.5 cm³/mol. The highest BCUT2D eigenvalue weighted by Crippen LogP contribution is 2.41. The van der Waals surface area contributed by atoms with Crippen molar-refractivity contribution in [3.63, 3.8) is 0 Å². The third kappa shape index (κ3) is 2.61. The van der Waals surface area contributed by atoms with Gasteiger partial charge in [0.15, 0.2) is 0 Å². The van der Waals surface area contributed by atoms with E-state index in [1.54, 1.807) is 12.1 Å². The van der Waals surface area contributed by atoms with Gasteiger partial charge >= 0.3 is 0 Å². The SMILES string of the molecule is Clc1ncc(-c2c(Cl)ccc(Cl)c2Cl)c(Cl)n1. The number of nitrogens with zero attached hydrogens (tertiary/aromatic N) is 2. The van der Waals surface area contributed by atoms with Crippen LogP contribution in [-0.4, -0.2) is 9.97 Å². The van der Waals surface area contributed by atoms with Crippen molar-refractivity contribution in [1.29, 1.82) is 0 Å². The lowest BCUT2D eigenvalue weighted by Crippen LogP contribution is -1.90. The van der Waals surface area contributed by atoms with Crippen molar-refractivity contribution >= 4 is 58.0 Å². The maximum Gasteiger partial charge on any atom is 0.223 e. The van der Waals surface area contributed by atoms with E-state index in [-0.39, 0.29) is 10.4 Å². The number of hydrogen-bond acceptors (Lipinski definition) is 2. The fourth-order valence-electron chi connectivity index (χ4n) is 1.28. The number of rotatable bonds is 1. The smallest absolute Gasteiger partial charge is 0.223 e. The molecule has 0 amide bonds. The molecule has 88 valence electrons. The van der Waals surface area contributed by atoms with Gasteiger partial charge in [-0.05, 0) is 23.7 Å². The van der Waals surface area contributed by atoms with E-state index < -0.39 is 0 Å². The van der Waals surface area contributed by atoms with Gasteiger partial charge in [-0.1, -0.05) is 46.4 Å². The van der Waals surface area contributed by atoms with Crippen LogP contribution in [-0.2, 0) is 0 Å². The van der Waals surface area contributed by atoms with Crippen molar-refractivity contribution in [2.24, 2.45) is 0 Å². The van der Waals surface area contributed by atoms with Crippen molar-refractivity contribution in [2.75, 3.05) is 0 Å². The van der Waals surface area contributed by atoms with Gasteiger partial charge in [-0.25, -0.2) is 9.97 Å². The van der Waals surface area contributed by atoms with E-state index >= 15 is 0 Å². The Labute approximate surface area is 122 Å². The van der Waals surface area contributed by atoms with Crippen LogP contribution in [0.2, 0.25) is 25.5 Å². The van der Waals surface area contributed by atoms with E-state index in [1.165, 1.54) is 6.20 Å². The highest BCUT2D eigenvalue weighted by Gasteiger charge is 2.16. The first-order valence-electron chi connectivity index (χ1n) is 4.32. The third-order valence-electron chi connectivity index (χ3n) is 2.03. The summed E-state index contributed by atoms with van der Waals surface area (Å²) in [6.45, 7) is 0. The molecule has 0 saturated carbocycles. The molecule has 0 spiro atoms. The Bertz CT molecular complexity index is 585. The molecular formula is C10H3Cl5N2. The molecule has 1 heterocycles. The third-order valence-corrected chi connectivity index (χ3v) is 3.62. The van der Waals surface area contributed by atoms with E-state index in [1.807, 2.05) is 0 Å². The Balaban J connectivity index is 2.72. The minimum Gasteiger partial charge on any atom is -0.226 e. The van der Waals surface area contributed by atoms with Gasteiger partial charge in [0.05, 0.1) is 15.1 Å². The average molecular weight is 328 g/mol. The highest BCUT2D eigenvalue weighted by atomic mass is 35.5. The minimum atomic E-state index is 0.0491. The Morgan fingerprint density at radius 1 is 0.882 bits per heavy atom. The summed E-state index contributed by atoms with van der Waals surface area (Å²) in [6.07, 6.45) is 1.45. The summed E-state index contributed by atoms with van der Waals surface area (Å²) < 4.78 is 0. The summed E-state index contributed by atoms with van der Waals surface area (Å²) in [7, 11) is 0. The number of benzene rings is 1. The summed E-state index contributed by atoms with van der Waals surface area (Å²) in [5.41, 5.74) is 0.969. The molecule has 2 aromatic rings. The molecule has 2 rings (SSSR count). The zero-order valence-electron chi connectivity index (χ0n) is 8.02. The monoisotopic (exact) mass is 326 g/mol. The fourth-order valence-corrected chi connectivity index (χ4v) is 2.41. The quantitative estimate of drug-likeness (QED) is 0.397. The molecule has 0 aliphatic heterocycles. The molecule has 0 bridgehead atoms. The standard InChI is InChI=1S/C10H3Cl5N2/c11-5-1-2-6(12)8(13)7(5)4-3-16-10(15)17-9(4)14/h1-3H.